The van der Waals surface area contributed by atoms with Crippen molar-refractivity contribution < 1.29 is 29.0 Å². The van der Waals surface area contributed by atoms with Gasteiger partial charge in [0.15, 0.2) is 5.78 Å². The van der Waals surface area contributed by atoms with Crippen LogP contribution in [0, 0.1) is 0 Å². The van der Waals surface area contributed by atoms with Crippen LogP contribution >= 0.6 is 35.0 Å². The van der Waals surface area contributed by atoms with Crippen molar-refractivity contribution in [3.05, 3.63) is 52.0 Å². The number of carboxylic acid groups (broad SMARTS) is 1. The number of benzene rings is 2. The summed E-state index contributed by atoms with van der Waals surface area (Å²) in [7, 11) is 3.29. The lowest BCUT2D eigenvalue weighted by Gasteiger charge is -2.15. The Morgan fingerprint density at radius 3 is 2.45 bits per heavy atom. The fourth-order valence-corrected chi connectivity index (χ4v) is 4.56. The van der Waals surface area contributed by atoms with Crippen LogP contribution in [0.25, 0.3) is 0 Å². The van der Waals surface area contributed by atoms with E-state index in [0.717, 1.165) is 27.8 Å². The summed E-state index contributed by atoms with van der Waals surface area (Å²) < 4.78 is 10.2. The summed E-state index contributed by atoms with van der Waals surface area (Å²) in [4.78, 5) is 37.7. The number of carbonyl (C=O) groups excluding carboxylic acids is 2. The van der Waals surface area contributed by atoms with E-state index in [2.05, 4.69) is 26.0 Å². The van der Waals surface area contributed by atoms with Gasteiger partial charge in [0.25, 0.3) is 0 Å². The second kappa shape index (κ2) is 13.8. The fraction of sp³-hybridized carbons (Fsp3) is 0.304. The van der Waals surface area contributed by atoms with Gasteiger partial charge in [-0.1, -0.05) is 35.3 Å². The molecule has 15 heteroatoms. The maximum Gasteiger partial charge on any atom is 0.407 e. The summed E-state index contributed by atoms with van der Waals surface area (Å²) in [5.74, 6) is -1.23. The first-order chi connectivity index (χ1) is 18.2. The molecule has 3 rings (SSSR count). The molecule has 0 bridgehead atoms. The molecule has 3 aromatic rings. The molecule has 1 heterocycles. The van der Waals surface area contributed by atoms with Crippen molar-refractivity contribution in [1.29, 1.82) is 0 Å². The van der Waals surface area contributed by atoms with Crippen LogP contribution in [0.1, 0.15) is 12.0 Å². The number of amides is 1. The van der Waals surface area contributed by atoms with E-state index < -0.39 is 36.9 Å². The molecule has 0 fully saturated rings. The number of aliphatic carboxylic acids is 1. The first-order valence-corrected chi connectivity index (χ1v) is 12.7. The number of anilines is 1. The zero-order valence-electron chi connectivity index (χ0n) is 20.3. The van der Waals surface area contributed by atoms with Crippen molar-refractivity contribution >= 4 is 58.5 Å². The van der Waals surface area contributed by atoms with Crippen molar-refractivity contribution in [3.8, 4) is 5.75 Å². The summed E-state index contributed by atoms with van der Waals surface area (Å²) >= 11 is 13.6. The molecule has 2 aromatic carbocycles. The number of aromatic nitrogens is 4. The zero-order chi connectivity index (χ0) is 27.7. The lowest BCUT2D eigenvalue weighted by atomic mass is 10.1. The predicted octanol–water partition coefficient (Wildman–Crippen LogP) is 3.56. The van der Waals surface area contributed by atoms with Crippen LogP contribution in [0.4, 0.5) is 10.5 Å². The van der Waals surface area contributed by atoms with Crippen LogP contribution in [0.3, 0.4) is 0 Å². The Morgan fingerprint density at radius 2 is 1.84 bits per heavy atom. The van der Waals surface area contributed by atoms with Crippen molar-refractivity contribution in [3.63, 3.8) is 0 Å². The second-order valence-corrected chi connectivity index (χ2v) is 9.51. The maximum atomic E-state index is 12.8. The van der Waals surface area contributed by atoms with E-state index in [0.29, 0.717) is 27.1 Å². The highest BCUT2D eigenvalue weighted by molar-refractivity contribution is 7.99. The molecule has 0 aliphatic heterocycles. The van der Waals surface area contributed by atoms with Gasteiger partial charge in [-0.2, -0.15) is 4.80 Å². The van der Waals surface area contributed by atoms with Crippen molar-refractivity contribution in [2.75, 3.05) is 26.1 Å². The lowest BCUT2D eigenvalue weighted by molar-refractivity contribution is -0.139. The van der Waals surface area contributed by atoms with Gasteiger partial charge in [-0.15, -0.1) is 10.2 Å². The number of ketones is 1. The molecular weight excluding hydrogens is 559 g/mol. The van der Waals surface area contributed by atoms with Crippen LogP contribution in [0.5, 0.6) is 5.75 Å². The summed E-state index contributed by atoms with van der Waals surface area (Å²) in [5.41, 5.74) is 1.63. The normalized spacial score (nSPS) is 11.5. The number of hydrogen-bond donors (Lipinski definition) is 3. The average Bonchev–Trinajstić information content (AvgIpc) is 3.32. The van der Waals surface area contributed by atoms with Gasteiger partial charge < -0.3 is 25.2 Å². The molecule has 0 aliphatic rings. The van der Waals surface area contributed by atoms with Crippen LogP contribution in [-0.2, 0) is 27.3 Å². The van der Waals surface area contributed by atoms with E-state index in [1.807, 2.05) is 12.1 Å². The summed E-state index contributed by atoms with van der Waals surface area (Å²) in [6.07, 6.45) is -1.15. The van der Waals surface area contributed by atoms with Gasteiger partial charge in [0.1, 0.15) is 18.3 Å². The van der Waals surface area contributed by atoms with E-state index >= 15 is 0 Å². The number of methoxy groups -OCH3 is 1. The molecule has 0 saturated heterocycles. The molecular formula is C23H24Cl2N6O6S. The summed E-state index contributed by atoms with van der Waals surface area (Å²) in [5, 5.41) is 27.1. The summed E-state index contributed by atoms with van der Waals surface area (Å²) in [6, 6.07) is 9.22. The first kappa shape index (κ1) is 29.0. The first-order valence-electron chi connectivity index (χ1n) is 11.1. The number of tetrazole rings is 1. The van der Waals surface area contributed by atoms with Gasteiger partial charge in [0.2, 0.25) is 5.16 Å². The second-order valence-electron chi connectivity index (χ2n) is 7.72. The van der Waals surface area contributed by atoms with Crippen LogP contribution in [0.2, 0.25) is 10.0 Å². The molecule has 1 atom stereocenters. The third kappa shape index (κ3) is 8.50. The number of alkyl carbamates (subject to hydrolysis) is 1. The maximum absolute atomic E-state index is 12.8. The largest absolute Gasteiger partial charge is 0.497 e. The lowest BCUT2D eigenvalue weighted by Crippen LogP contribution is -2.44. The van der Waals surface area contributed by atoms with Crippen LogP contribution < -0.4 is 15.4 Å². The van der Waals surface area contributed by atoms with E-state index in [-0.39, 0.29) is 11.8 Å². The van der Waals surface area contributed by atoms with Gasteiger partial charge >= 0.3 is 12.1 Å². The molecule has 0 spiro atoms. The van der Waals surface area contributed by atoms with Crippen LogP contribution in [-0.4, -0.2) is 70.0 Å². The Morgan fingerprint density at radius 1 is 1.16 bits per heavy atom. The molecule has 1 amide bonds. The molecule has 1 aromatic heterocycles. The van der Waals surface area contributed by atoms with Gasteiger partial charge in [0, 0.05) is 19.2 Å². The van der Waals surface area contributed by atoms with Gasteiger partial charge in [0.05, 0.1) is 35.1 Å². The van der Waals surface area contributed by atoms with Crippen molar-refractivity contribution in [1.82, 2.24) is 25.5 Å². The Bertz CT molecular complexity index is 1270. The van der Waals surface area contributed by atoms with E-state index in [1.54, 1.807) is 38.4 Å². The number of nitrogens with zero attached hydrogens (tertiary/aromatic N) is 4. The molecule has 3 N–H and O–H groups in total. The van der Waals surface area contributed by atoms with Gasteiger partial charge in [-0.25, -0.2) is 4.79 Å². The minimum atomic E-state index is -1.36. The SMILES string of the molecule is CNc1cc(Cl)c(Sc2nnn(CC(=O)C(CC(=O)O)NC(=O)OCCc3ccc(OC)cc3)n2)c(Cl)c1. The Hall–Kier alpha value is -3.55. The molecule has 0 radical (unpaired) electrons. The predicted molar refractivity (Wildman–Crippen MR) is 140 cm³/mol. The molecule has 0 aliphatic carbocycles. The van der Waals surface area contributed by atoms with Crippen LogP contribution in [0.15, 0.2) is 46.5 Å². The standard InChI is InChI=1S/C23H24Cl2N6O6S/c1-26-14-9-16(24)21(17(25)10-14)38-22-28-30-31(29-22)12-19(32)18(11-20(33)34)27-23(35)37-8-7-13-3-5-15(36-2)6-4-13/h3-6,9-10,18,26H,7-8,11-12H2,1-2H3,(H,27,35)(H,33,34). The van der Waals surface area contributed by atoms with E-state index in [4.69, 9.17) is 32.7 Å². The number of halogens is 2. The number of nitrogens with one attached hydrogen (secondary N) is 2. The van der Waals surface area contributed by atoms with Crippen molar-refractivity contribution in [2.45, 2.75) is 35.5 Å². The average molecular weight is 583 g/mol. The molecule has 0 saturated carbocycles. The minimum Gasteiger partial charge on any atom is -0.497 e. The number of carbonyl (C=O) groups is 3. The topological polar surface area (TPSA) is 158 Å². The molecule has 38 heavy (non-hydrogen) atoms. The van der Waals surface area contributed by atoms with Gasteiger partial charge in [-0.05, 0) is 46.8 Å². The third-order valence-electron chi connectivity index (χ3n) is 5.05. The number of hydrogen-bond acceptors (Lipinski definition) is 10. The highest BCUT2D eigenvalue weighted by Gasteiger charge is 2.25. The van der Waals surface area contributed by atoms with E-state index in [1.165, 1.54) is 0 Å². The number of Topliss-reactive ketones (excluding diaryl/α,β-unsaturated/α-hetero) is 1. The highest BCUT2D eigenvalue weighted by atomic mass is 35.5. The Balaban J connectivity index is 1.56. The quantitative estimate of drug-likeness (QED) is 0.270. The van der Waals surface area contributed by atoms with Gasteiger partial charge in [-0.3, -0.25) is 9.59 Å². The Kier molecular flexibility index (Phi) is 10.6. The third-order valence-corrected chi connectivity index (χ3v) is 6.86. The zero-order valence-corrected chi connectivity index (χ0v) is 22.6. The Labute approximate surface area is 232 Å². The highest BCUT2D eigenvalue weighted by Crippen LogP contribution is 2.39. The number of carboxylic acids is 1. The molecule has 1 unspecified atom stereocenters. The fourth-order valence-electron chi connectivity index (χ4n) is 3.14. The smallest absolute Gasteiger partial charge is 0.407 e. The minimum absolute atomic E-state index is 0.0256. The molecule has 12 nitrogen and oxygen atoms in total. The number of ether oxygens (including phenoxy) is 2. The summed E-state index contributed by atoms with van der Waals surface area (Å²) in [6.45, 7) is -0.407. The van der Waals surface area contributed by atoms with Crippen molar-refractivity contribution in [2.24, 2.45) is 0 Å². The van der Waals surface area contributed by atoms with E-state index in [9.17, 15) is 19.5 Å². The molecule has 202 valence electrons. The number of rotatable bonds is 13. The monoisotopic (exact) mass is 582 g/mol.